The molecule has 4 nitrogen and oxygen atoms in total. The van der Waals surface area contributed by atoms with E-state index in [1.165, 1.54) is 12.8 Å². The van der Waals surface area contributed by atoms with Gasteiger partial charge in [-0.15, -0.1) is 0 Å². The molecule has 2 aromatic rings. The van der Waals surface area contributed by atoms with Crippen molar-refractivity contribution in [1.82, 2.24) is 14.5 Å². The van der Waals surface area contributed by atoms with Gasteiger partial charge in [-0.3, -0.25) is 4.57 Å². The molecule has 5 heteroatoms. The molecule has 0 amide bonds. The monoisotopic (exact) mass is 252 g/mol. The average Bonchev–Trinajstić information content (AvgIpc) is 2.61. The number of hydrogen-bond acceptors (Lipinski definition) is 3. The molecule has 0 aliphatic rings. The van der Waals surface area contributed by atoms with Crippen molar-refractivity contribution in [2.45, 2.75) is 39.2 Å². The number of pyridine rings is 1. The van der Waals surface area contributed by atoms with Crippen LogP contribution in [0, 0.1) is 0 Å². The van der Waals surface area contributed by atoms with Crippen LogP contribution in [-0.4, -0.2) is 14.5 Å². The van der Waals surface area contributed by atoms with E-state index in [9.17, 15) is 0 Å². The maximum absolute atomic E-state index is 5.94. The van der Waals surface area contributed by atoms with Gasteiger partial charge in [0.25, 0.3) is 0 Å². The van der Waals surface area contributed by atoms with Crippen LogP contribution in [0.4, 0.5) is 5.95 Å². The maximum Gasteiger partial charge on any atom is 0.202 e. The topological polar surface area (TPSA) is 56.7 Å². The molecule has 0 saturated heterocycles. The fourth-order valence-electron chi connectivity index (χ4n) is 2.04. The minimum absolute atomic E-state index is 0.314. The molecule has 0 fully saturated rings. The number of nitrogen functional groups attached to an aromatic ring is 1. The first kappa shape index (κ1) is 12.2. The van der Waals surface area contributed by atoms with Crippen molar-refractivity contribution in [3.63, 3.8) is 0 Å². The molecule has 0 radical (unpaired) electrons. The molecule has 0 spiro atoms. The van der Waals surface area contributed by atoms with E-state index in [0.29, 0.717) is 17.0 Å². The Bertz CT molecular complexity index is 520. The largest absolute Gasteiger partial charge is 0.369 e. The molecule has 1 atom stereocenters. The van der Waals surface area contributed by atoms with Gasteiger partial charge in [0.05, 0.1) is 5.02 Å². The predicted molar refractivity (Wildman–Crippen MR) is 71.2 cm³/mol. The van der Waals surface area contributed by atoms with Crippen LogP contribution in [0.1, 0.15) is 39.2 Å². The highest BCUT2D eigenvalue weighted by Crippen LogP contribution is 2.25. The molecule has 2 rings (SSSR count). The Labute approximate surface area is 106 Å². The van der Waals surface area contributed by atoms with Gasteiger partial charge in [0, 0.05) is 12.2 Å². The van der Waals surface area contributed by atoms with Crippen molar-refractivity contribution in [2.75, 3.05) is 5.73 Å². The van der Waals surface area contributed by atoms with Crippen molar-refractivity contribution >= 4 is 28.7 Å². The normalized spacial score (nSPS) is 13.1. The molecule has 1 unspecified atom stereocenters. The quantitative estimate of drug-likeness (QED) is 0.907. The van der Waals surface area contributed by atoms with Gasteiger partial charge in [-0.05, 0) is 19.4 Å². The maximum atomic E-state index is 5.94. The fraction of sp³-hybridized carbons (Fsp3) is 0.500. The van der Waals surface area contributed by atoms with Gasteiger partial charge in [0.2, 0.25) is 5.95 Å². The molecule has 17 heavy (non-hydrogen) atoms. The van der Waals surface area contributed by atoms with Crippen molar-refractivity contribution < 1.29 is 0 Å². The van der Waals surface area contributed by atoms with Crippen LogP contribution in [0.2, 0.25) is 5.02 Å². The van der Waals surface area contributed by atoms with Gasteiger partial charge in [-0.2, -0.15) is 0 Å². The second kappa shape index (κ2) is 4.92. The molecule has 92 valence electrons. The van der Waals surface area contributed by atoms with E-state index in [1.54, 1.807) is 12.3 Å². The summed E-state index contributed by atoms with van der Waals surface area (Å²) in [7, 11) is 0. The standard InChI is InChI=1S/C12H17ClN4/c1-3-4-5-8(2)17-11-10(16-12(17)14)6-9(13)7-15-11/h6-8H,3-5H2,1-2H3,(H2,14,16). The van der Waals surface area contributed by atoms with E-state index >= 15 is 0 Å². The first-order valence-corrected chi connectivity index (χ1v) is 6.30. The molecule has 0 aromatic carbocycles. The van der Waals surface area contributed by atoms with E-state index in [0.717, 1.165) is 17.6 Å². The van der Waals surface area contributed by atoms with Crippen molar-refractivity contribution in [3.05, 3.63) is 17.3 Å². The van der Waals surface area contributed by atoms with Crippen LogP contribution in [0.5, 0.6) is 0 Å². The van der Waals surface area contributed by atoms with Crippen LogP contribution in [0.25, 0.3) is 11.2 Å². The van der Waals surface area contributed by atoms with Gasteiger partial charge in [-0.1, -0.05) is 31.4 Å². The molecular weight excluding hydrogens is 236 g/mol. The zero-order chi connectivity index (χ0) is 12.4. The highest BCUT2D eigenvalue weighted by atomic mass is 35.5. The summed E-state index contributed by atoms with van der Waals surface area (Å²) in [5.41, 5.74) is 7.52. The Hall–Kier alpha value is -1.29. The summed E-state index contributed by atoms with van der Waals surface area (Å²) < 4.78 is 1.99. The lowest BCUT2D eigenvalue weighted by Crippen LogP contribution is -2.09. The summed E-state index contributed by atoms with van der Waals surface area (Å²) in [6.45, 7) is 4.32. The number of halogens is 1. The van der Waals surface area contributed by atoms with E-state index in [-0.39, 0.29) is 0 Å². The van der Waals surface area contributed by atoms with E-state index in [2.05, 4.69) is 23.8 Å². The van der Waals surface area contributed by atoms with Crippen LogP contribution < -0.4 is 5.73 Å². The Morgan fingerprint density at radius 3 is 3.00 bits per heavy atom. The summed E-state index contributed by atoms with van der Waals surface area (Å²) in [5.74, 6) is 0.512. The number of aromatic nitrogens is 3. The smallest absolute Gasteiger partial charge is 0.202 e. The molecule has 2 aromatic heterocycles. The van der Waals surface area contributed by atoms with E-state index in [1.807, 2.05) is 4.57 Å². The first-order valence-electron chi connectivity index (χ1n) is 5.92. The molecule has 2 heterocycles. The number of fused-ring (bicyclic) bond motifs is 1. The molecule has 0 aliphatic carbocycles. The SMILES string of the molecule is CCCCC(C)n1c(N)nc2cc(Cl)cnc21. The fourth-order valence-corrected chi connectivity index (χ4v) is 2.19. The van der Waals surface area contributed by atoms with Crippen LogP contribution in [-0.2, 0) is 0 Å². The number of unbranched alkanes of at least 4 members (excludes halogenated alkanes) is 1. The zero-order valence-corrected chi connectivity index (χ0v) is 10.9. The number of nitrogens with two attached hydrogens (primary N) is 1. The minimum Gasteiger partial charge on any atom is -0.369 e. The van der Waals surface area contributed by atoms with Gasteiger partial charge in [0.15, 0.2) is 5.65 Å². The van der Waals surface area contributed by atoms with E-state index in [4.69, 9.17) is 17.3 Å². The average molecular weight is 253 g/mol. The molecule has 2 N–H and O–H groups in total. The third-order valence-corrected chi connectivity index (χ3v) is 3.15. The molecular formula is C12H17ClN4. The predicted octanol–water partition coefficient (Wildman–Crippen LogP) is 3.42. The molecule has 0 bridgehead atoms. The Kier molecular flexibility index (Phi) is 3.52. The van der Waals surface area contributed by atoms with Crippen LogP contribution >= 0.6 is 11.6 Å². The molecule has 0 aliphatic heterocycles. The lowest BCUT2D eigenvalue weighted by molar-refractivity contribution is 0.499. The van der Waals surface area contributed by atoms with Crippen LogP contribution in [0.15, 0.2) is 12.3 Å². The first-order chi connectivity index (χ1) is 8.13. The second-order valence-electron chi connectivity index (χ2n) is 4.33. The second-order valence-corrected chi connectivity index (χ2v) is 4.76. The molecule has 0 saturated carbocycles. The third-order valence-electron chi connectivity index (χ3n) is 2.94. The van der Waals surface area contributed by atoms with Gasteiger partial charge in [-0.25, -0.2) is 9.97 Å². The Balaban J connectivity index is 2.42. The summed E-state index contributed by atoms with van der Waals surface area (Å²) in [5, 5.41) is 0.586. The highest BCUT2D eigenvalue weighted by Gasteiger charge is 2.14. The minimum atomic E-state index is 0.314. The van der Waals surface area contributed by atoms with Gasteiger partial charge < -0.3 is 5.73 Å². The van der Waals surface area contributed by atoms with Crippen molar-refractivity contribution in [3.8, 4) is 0 Å². The van der Waals surface area contributed by atoms with Gasteiger partial charge in [0.1, 0.15) is 5.52 Å². The van der Waals surface area contributed by atoms with Gasteiger partial charge >= 0.3 is 0 Å². The number of anilines is 1. The summed E-state index contributed by atoms with van der Waals surface area (Å²) >= 11 is 5.89. The lowest BCUT2D eigenvalue weighted by atomic mass is 10.1. The number of imidazole rings is 1. The van der Waals surface area contributed by atoms with Crippen molar-refractivity contribution in [1.29, 1.82) is 0 Å². The third kappa shape index (κ3) is 2.36. The number of rotatable bonds is 4. The highest BCUT2D eigenvalue weighted by molar-refractivity contribution is 6.31. The van der Waals surface area contributed by atoms with E-state index < -0.39 is 0 Å². The Morgan fingerprint density at radius 1 is 1.53 bits per heavy atom. The number of nitrogens with zero attached hydrogens (tertiary/aromatic N) is 3. The summed E-state index contributed by atoms with van der Waals surface area (Å²) in [6, 6.07) is 2.11. The zero-order valence-electron chi connectivity index (χ0n) is 10.2. The van der Waals surface area contributed by atoms with Crippen molar-refractivity contribution in [2.24, 2.45) is 0 Å². The lowest BCUT2D eigenvalue weighted by Gasteiger charge is -2.14. The summed E-state index contributed by atoms with van der Waals surface area (Å²) in [4.78, 5) is 8.62. The number of hydrogen-bond donors (Lipinski definition) is 1. The summed E-state index contributed by atoms with van der Waals surface area (Å²) in [6.07, 6.45) is 5.06. The Morgan fingerprint density at radius 2 is 2.29 bits per heavy atom. The van der Waals surface area contributed by atoms with Crippen LogP contribution in [0.3, 0.4) is 0 Å².